The van der Waals surface area contributed by atoms with Crippen LogP contribution >= 0.6 is 0 Å². The molecule has 7 nitrogen and oxygen atoms in total. The molecule has 4 aromatic rings. The highest BCUT2D eigenvalue weighted by atomic mass is 19.4. The van der Waals surface area contributed by atoms with Gasteiger partial charge in [0.05, 0.1) is 19.8 Å². The lowest BCUT2D eigenvalue weighted by atomic mass is 9.99. The molecule has 0 fully saturated rings. The standard InChI is InChI=1S/C26H22F3N3O4/c1-35-18-11-17(12-19(13-18)36-2)30-25(34)32-22-6-4-3-5-16(22)9-15-7-8-23-20(10-15)21(26(27,28)29)14-24(33)31-23/h3-8,10-14H,9H2,1-2H3,(H,31,33)(H2,30,32,34). The number of rotatable bonds is 6. The number of para-hydroxylation sites is 1. The zero-order valence-electron chi connectivity index (χ0n) is 19.3. The van der Waals surface area contributed by atoms with Gasteiger partial charge in [0.15, 0.2) is 0 Å². The fraction of sp³-hybridized carbons (Fsp3) is 0.154. The number of urea groups is 1. The third-order valence-corrected chi connectivity index (χ3v) is 5.48. The molecule has 36 heavy (non-hydrogen) atoms. The van der Waals surface area contributed by atoms with E-state index in [0.29, 0.717) is 40.1 Å². The molecule has 0 atom stereocenters. The summed E-state index contributed by atoms with van der Waals surface area (Å²) in [5.41, 5.74) is 0.477. The Morgan fingerprint density at radius 1 is 0.917 bits per heavy atom. The van der Waals surface area contributed by atoms with Gasteiger partial charge in [0.25, 0.3) is 0 Å². The molecular formula is C26H22F3N3O4. The summed E-state index contributed by atoms with van der Waals surface area (Å²) in [7, 11) is 2.99. The van der Waals surface area contributed by atoms with Crippen LogP contribution in [-0.4, -0.2) is 25.2 Å². The van der Waals surface area contributed by atoms with Crippen LogP contribution in [0.5, 0.6) is 11.5 Å². The van der Waals surface area contributed by atoms with Gasteiger partial charge in [0, 0.05) is 46.5 Å². The van der Waals surface area contributed by atoms with Crippen LogP contribution in [0.1, 0.15) is 16.7 Å². The molecule has 2 amide bonds. The van der Waals surface area contributed by atoms with Crippen molar-refractivity contribution in [2.45, 2.75) is 12.6 Å². The van der Waals surface area contributed by atoms with Gasteiger partial charge in [0.1, 0.15) is 11.5 Å². The summed E-state index contributed by atoms with van der Waals surface area (Å²) >= 11 is 0. The number of ether oxygens (including phenoxy) is 2. The Morgan fingerprint density at radius 2 is 1.61 bits per heavy atom. The summed E-state index contributed by atoms with van der Waals surface area (Å²) in [5, 5.41) is 5.39. The average Bonchev–Trinajstić information content (AvgIpc) is 2.84. The number of hydrogen-bond acceptors (Lipinski definition) is 4. The molecule has 0 unspecified atom stereocenters. The smallest absolute Gasteiger partial charge is 0.417 e. The van der Waals surface area contributed by atoms with E-state index in [0.717, 1.165) is 0 Å². The molecule has 0 aliphatic carbocycles. The first kappa shape index (κ1) is 24.6. The Hall–Kier alpha value is -4.47. The van der Waals surface area contributed by atoms with E-state index in [9.17, 15) is 22.8 Å². The Bertz CT molecular complexity index is 1460. The molecule has 0 aliphatic rings. The molecule has 10 heteroatoms. The van der Waals surface area contributed by atoms with Gasteiger partial charge < -0.3 is 25.1 Å². The van der Waals surface area contributed by atoms with E-state index in [1.54, 1.807) is 48.5 Å². The van der Waals surface area contributed by atoms with Gasteiger partial charge in [-0.05, 0) is 35.7 Å². The number of carbonyl (C=O) groups is 1. The SMILES string of the molecule is COc1cc(NC(=O)Nc2ccccc2Cc2ccc3[nH]c(=O)cc(C(F)(F)F)c3c2)cc(OC)c1. The Kier molecular flexibility index (Phi) is 6.86. The molecule has 4 rings (SSSR count). The number of halogens is 3. The minimum Gasteiger partial charge on any atom is -0.497 e. The topological polar surface area (TPSA) is 92.5 Å². The summed E-state index contributed by atoms with van der Waals surface area (Å²) in [6.45, 7) is 0. The third kappa shape index (κ3) is 5.60. The van der Waals surface area contributed by atoms with Crippen LogP contribution in [0.15, 0.2) is 71.5 Å². The van der Waals surface area contributed by atoms with Crippen molar-refractivity contribution in [3.8, 4) is 11.5 Å². The molecule has 0 aliphatic heterocycles. The number of methoxy groups -OCH3 is 2. The highest BCUT2D eigenvalue weighted by Gasteiger charge is 2.33. The predicted molar refractivity (Wildman–Crippen MR) is 131 cm³/mol. The number of H-pyrrole nitrogens is 1. The zero-order chi connectivity index (χ0) is 25.9. The Morgan fingerprint density at radius 3 is 2.28 bits per heavy atom. The van der Waals surface area contributed by atoms with Gasteiger partial charge in [0.2, 0.25) is 5.56 Å². The van der Waals surface area contributed by atoms with Crippen LogP contribution in [-0.2, 0) is 12.6 Å². The second-order valence-electron chi connectivity index (χ2n) is 7.94. The molecule has 0 saturated carbocycles. The molecule has 0 saturated heterocycles. The van der Waals surface area contributed by atoms with Crippen molar-refractivity contribution in [1.82, 2.24) is 4.98 Å². The van der Waals surface area contributed by atoms with Crippen LogP contribution in [0.4, 0.5) is 29.3 Å². The monoisotopic (exact) mass is 497 g/mol. The number of pyridine rings is 1. The van der Waals surface area contributed by atoms with E-state index in [2.05, 4.69) is 15.6 Å². The van der Waals surface area contributed by atoms with Crippen molar-refractivity contribution in [3.05, 3.63) is 93.8 Å². The molecule has 1 heterocycles. The first-order valence-electron chi connectivity index (χ1n) is 10.8. The van der Waals surface area contributed by atoms with Gasteiger partial charge in [-0.15, -0.1) is 0 Å². The maximum atomic E-state index is 13.5. The van der Waals surface area contributed by atoms with Crippen molar-refractivity contribution in [1.29, 1.82) is 0 Å². The predicted octanol–water partition coefficient (Wildman–Crippen LogP) is 5.80. The third-order valence-electron chi connectivity index (χ3n) is 5.48. The molecule has 1 aromatic heterocycles. The minimum atomic E-state index is -4.68. The van der Waals surface area contributed by atoms with E-state index < -0.39 is 23.3 Å². The summed E-state index contributed by atoms with van der Waals surface area (Å²) in [5.74, 6) is 1.00. The second-order valence-corrected chi connectivity index (χ2v) is 7.94. The largest absolute Gasteiger partial charge is 0.497 e. The van der Waals surface area contributed by atoms with Crippen LogP contribution in [0, 0.1) is 0 Å². The van der Waals surface area contributed by atoms with Gasteiger partial charge in [-0.2, -0.15) is 13.2 Å². The molecular weight excluding hydrogens is 475 g/mol. The number of carbonyl (C=O) groups excluding carboxylic acids is 1. The van der Waals surface area contributed by atoms with E-state index >= 15 is 0 Å². The lowest BCUT2D eigenvalue weighted by molar-refractivity contribution is -0.136. The van der Waals surface area contributed by atoms with Crippen molar-refractivity contribution in [3.63, 3.8) is 0 Å². The minimum absolute atomic E-state index is 0.0954. The fourth-order valence-electron chi connectivity index (χ4n) is 3.83. The lowest BCUT2D eigenvalue weighted by Crippen LogP contribution is -2.20. The summed E-state index contributed by atoms with van der Waals surface area (Å²) < 4.78 is 51.0. The zero-order valence-corrected chi connectivity index (χ0v) is 19.3. The van der Waals surface area contributed by atoms with Crippen molar-refractivity contribution in [2.24, 2.45) is 0 Å². The van der Waals surface area contributed by atoms with Crippen molar-refractivity contribution in [2.75, 3.05) is 24.9 Å². The van der Waals surface area contributed by atoms with Crippen molar-refractivity contribution >= 4 is 28.3 Å². The molecule has 0 radical (unpaired) electrons. The Balaban J connectivity index is 1.58. The number of fused-ring (bicyclic) bond motifs is 1. The number of hydrogen-bond donors (Lipinski definition) is 3. The number of aromatic nitrogens is 1. The lowest BCUT2D eigenvalue weighted by Gasteiger charge is -2.14. The van der Waals surface area contributed by atoms with Crippen LogP contribution in [0.2, 0.25) is 0 Å². The second kappa shape index (κ2) is 10.0. The number of aromatic amines is 1. The molecule has 186 valence electrons. The first-order valence-corrected chi connectivity index (χ1v) is 10.8. The number of anilines is 2. The summed E-state index contributed by atoms with van der Waals surface area (Å²) in [4.78, 5) is 26.8. The molecule has 0 bridgehead atoms. The van der Waals surface area contributed by atoms with Crippen LogP contribution in [0.3, 0.4) is 0 Å². The maximum Gasteiger partial charge on any atom is 0.417 e. The number of nitrogens with one attached hydrogen (secondary N) is 3. The van der Waals surface area contributed by atoms with Crippen molar-refractivity contribution < 1.29 is 27.4 Å². The number of benzene rings is 3. The first-order chi connectivity index (χ1) is 17.2. The number of amides is 2. The van der Waals surface area contributed by atoms with E-state index in [1.807, 2.05) is 0 Å². The molecule has 0 spiro atoms. The van der Waals surface area contributed by atoms with Gasteiger partial charge in [-0.3, -0.25) is 4.79 Å². The molecule has 3 N–H and O–H groups in total. The summed E-state index contributed by atoms with van der Waals surface area (Å²) in [6.07, 6.45) is -4.43. The van der Waals surface area contributed by atoms with E-state index in [4.69, 9.17) is 9.47 Å². The fourth-order valence-corrected chi connectivity index (χ4v) is 3.83. The van der Waals surface area contributed by atoms with Crippen LogP contribution in [0.25, 0.3) is 10.9 Å². The molecule has 3 aromatic carbocycles. The number of alkyl halides is 3. The van der Waals surface area contributed by atoms with Gasteiger partial charge in [-0.1, -0.05) is 24.3 Å². The quantitative estimate of drug-likeness (QED) is 0.314. The maximum absolute atomic E-state index is 13.5. The normalized spacial score (nSPS) is 11.2. The highest BCUT2D eigenvalue weighted by Crippen LogP contribution is 2.34. The van der Waals surface area contributed by atoms with Crippen LogP contribution < -0.4 is 25.7 Å². The van der Waals surface area contributed by atoms with Gasteiger partial charge >= 0.3 is 12.2 Å². The van der Waals surface area contributed by atoms with E-state index in [-0.39, 0.29) is 17.3 Å². The Labute approximate surface area is 203 Å². The summed E-state index contributed by atoms with van der Waals surface area (Å²) in [6, 6.07) is 16.4. The highest BCUT2D eigenvalue weighted by molar-refractivity contribution is 6.00. The van der Waals surface area contributed by atoms with E-state index in [1.165, 1.54) is 26.4 Å². The van der Waals surface area contributed by atoms with Gasteiger partial charge in [-0.25, -0.2) is 4.79 Å². The average molecular weight is 497 g/mol.